The summed E-state index contributed by atoms with van der Waals surface area (Å²) >= 11 is 0. The van der Waals surface area contributed by atoms with Gasteiger partial charge < -0.3 is 14.2 Å². The van der Waals surface area contributed by atoms with Crippen molar-refractivity contribution in [2.45, 2.75) is 32.4 Å². The minimum atomic E-state index is -0.453. The fraction of sp³-hybridized carbons (Fsp3) is 0.308. The number of hydrogen-bond donors (Lipinski definition) is 0. The van der Waals surface area contributed by atoms with Gasteiger partial charge in [-0.15, -0.1) is 0 Å². The molecule has 0 radical (unpaired) electrons. The molecule has 2 heterocycles. The second-order valence-electron chi connectivity index (χ2n) is 8.45. The number of benzene rings is 2. The number of amides is 2. The van der Waals surface area contributed by atoms with Gasteiger partial charge in [0.25, 0.3) is 5.91 Å². The molecule has 6 heteroatoms. The second-order valence-corrected chi connectivity index (χ2v) is 8.45. The van der Waals surface area contributed by atoms with Crippen LogP contribution in [0.3, 0.4) is 0 Å². The van der Waals surface area contributed by atoms with Gasteiger partial charge in [-0.2, -0.15) is 0 Å². The van der Waals surface area contributed by atoms with Crippen LogP contribution in [-0.4, -0.2) is 35.2 Å². The van der Waals surface area contributed by atoms with Crippen molar-refractivity contribution in [1.82, 2.24) is 9.80 Å². The van der Waals surface area contributed by atoms with Crippen LogP contribution in [0.4, 0.5) is 4.39 Å². The first-order valence-electron chi connectivity index (χ1n) is 10.8. The predicted molar refractivity (Wildman–Crippen MR) is 119 cm³/mol. The van der Waals surface area contributed by atoms with Crippen LogP contribution in [0.2, 0.25) is 0 Å². The van der Waals surface area contributed by atoms with E-state index in [2.05, 4.69) is 6.07 Å². The van der Waals surface area contributed by atoms with Crippen molar-refractivity contribution < 1.29 is 18.4 Å². The smallest absolute Gasteiger partial charge is 0.254 e. The van der Waals surface area contributed by atoms with E-state index in [-0.39, 0.29) is 30.3 Å². The van der Waals surface area contributed by atoms with E-state index in [1.54, 1.807) is 35.2 Å². The van der Waals surface area contributed by atoms with Crippen LogP contribution in [0, 0.1) is 18.7 Å². The van der Waals surface area contributed by atoms with Crippen LogP contribution in [0.1, 0.15) is 46.1 Å². The third-order valence-electron chi connectivity index (χ3n) is 6.04. The van der Waals surface area contributed by atoms with E-state index in [9.17, 15) is 14.0 Å². The van der Waals surface area contributed by atoms with E-state index in [1.807, 2.05) is 31.2 Å². The van der Waals surface area contributed by atoms with Crippen LogP contribution in [0.15, 0.2) is 71.3 Å². The maximum absolute atomic E-state index is 13.8. The number of hydrogen-bond acceptors (Lipinski definition) is 3. The van der Waals surface area contributed by atoms with E-state index in [0.717, 1.165) is 11.1 Å². The number of furan rings is 1. The molecule has 1 saturated heterocycles. The molecular weight excluding hydrogens is 407 g/mol. The molecule has 32 heavy (non-hydrogen) atoms. The Morgan fingerprint density at radius 3 is 2.62 bits per heavy atom. The first-order chi connectivity index (χ1) is 15.4. The lowest BCUT2D eigenvalue weighted by atomic mass is 9.87. The third-order valence-corrected chi connectivity index (χ3v) is 6.04. The average Bonchev–Trinajstić information content (AvgIpc) is 3.30. The van der Waals surface area contributed by atoms with Gasteiger partial charge in [0.2, 0.25) is 5.91 Å². The van der Waals surface area contributed by atoms with E-state index >= 15 is 0 Å². The summed E-state index contributed by atoms with van der Waals surface area (Å²) < 4.78 is 19.2. The number of halogens is 1. The highest BCUT2D eigenvalue weighted by Crippen LogP contribution is 2.35. The van der Waals surface area contributed by atoms with Gasteiger partial charge >= 0.3 is 0 Å². The Morgan fingerprint density at radius 2 is 1.91 bits per heavy atom. The van der Waals surface area contributed by atoms with E-state index in [4.69, 9.17) is 4.42 Å². The summed E-state index contributed by atoms with van der Waals surface area (Å²) in [5.74, 6) is -0.357. The Labute approximate surface area is 187 Å². The molecule has 1 aliphatic rings. The van der Waals surface area contributed by atoms with Gasteiger partial charge in [-0.3, -0.25) is 9.59 Å². The van der Waals surface area contributed by atoms with Crippen LogP contribution in [-0.2, 0) is 11.3 Å². The number of carbonyl (C=O) groups excluding carboxylic acids is 2. The molecule has 0 bridgehead atoms. The number of carbonyl (C=O) groups is 2. The van der Waals surface area contributed by atoms with Crippen molar-refractivity contribution >= 4 is 11.8 Å². The monoisotopic (exact) mass is 434 g/mol. The van der Waals surface area contributed by atoms with Gasteiger partial charge in [-0.05, 0) is 55.7 Å². The summed E-state index contributed by atoms with van der Waals surface area (Å²) in [6.45, 7) is 2.68. The third kappa shape index (κ3) is 4.74. The number of nitrogens with zero attached hydrogens (tertiary/aromatic N) is 2. The number of likely N-dealkylation sites (tertiary alicyclic amines) is 1. The summed E-state index contributed by atoms with van der Waals surface area (Å²) in [6, 6.07) is 17.3. The molecule has 2 aromatic carbocycles. The van der Waals surface area contributed by atoms with Crippen LogP contribution >= 0.6 is 0 Å². The zero-order valence-electron chi connectivity index (χ0n) is 18.3. The Bertz CT molecular complexity index is 1100. The van der Waals surface area contributed by atoms with Gasteiger partial charge in [-0.25, -0.2) is 4.39 Å². The lowest BCUT2D eigenvalue weighted by Crippen LogP contribution is -2.47. The summed E-state index contributed by atoms with van der Waals surface area (Å²) in [6.07, 6.45) is 2.92. The molecule has 4 rings (SSSR count). The Hall–Kier alpha value is -3.41. The summed E-state index contributed by atoms with van der Waals surface area (Å²) in [4.78, 5) is 30.0. The second kappa shape index (κ2) is 9.39. The molecule has 0 aliphatic carbocycles. The maximum atomic E-state index is 13.8. The fourth-order valence-electron chi connectivity index (χ4n) is 4.43. The lowest BCUT2D eigenvalue weighted by molar-refractivity contribution is -0.136. The van der Waals surface area contributed by atoms with E-state index in [1.165, 1.54) is 18.2 Å². The zero-order valence-corrected chi connectivity index (χ0v) is 18.3. The normalized spacial score (nSPS) is 18.4. The van der Waals surface area contributed by atoms with Gasteiger partial charge in [-0.1, -0.05) is 35.9 Å². The van der Waals surface area contributed by atoms with Crippen LogP contribution in [0.5, 0.6) is 0 Å². The molecule has 166 valence electrons. The fourth-order valence-corrected chi connectivity index (χ4v) is 4.43. The lowest BCUT2D eigenvalue weighted by Gasteiger charge is -2.40. The van der Waals surface area contributed by atoms with Gasteiger partial charge in [0.15, 0.2) is 0 Å². The van der Waals surface area contributed by atoms with E-state index in [0.29, 0.717) is 30.7 Å². The van der Waals surface area contributed by atoms with Crippen molar-refractivity contribution in [3.8, 4) is 0 Å². The molecule has 0 N–H and O–H groups in total. The standard InChI is InChI=1S/C26H27FN2O3/c1-18-6-3-7-19(14-18)24-12-11-21(25(30)28(2)17-23-10-5-13-32-23)16-29(24)26(31)20-8-4-9-22(27)15-20/h3-10,13-15,21,24H,11-12,16-17H2,1-2H3. The molecule has 5 nitrogen and oxygen atoms in total. The number of piperidine rings is 1. The van der Waals surface area contributed by atoms with Gasteiger partial charge in [0.05, 0.1) is 24.8 Å². The average molecular weight is 435 g/mol. The maximum Gasteiger partial charge on any atom is 0.254 e. The molecule has 3 aromatic rings. The summed E-state index contributed by atoms with van der Waals surface area (Å²) in [5, 5.41) is 0. The summed E-state index contributed by atoms with van der Waals surface area (Å²) in [7, 11) is 1.75. The molecule has 1 fully saturated rings. The Morgan fingerprint density at radius 1 is 1.09 bits per heavy atom. The van der Waals surface area contributed by atoms with Gasteiger partial charge in [0.1, 0.15) is 11.6 Å². The first kappa shape index (κ1) is 21.8. The largest absolute Gasteiger partial charge is 0.467 e. The Balaban J connectivity index is 1.59. The molecule has 2 atom stereocenters. The van der Waals surface area contributed by atoms with Crippen LogP contribution in [0.25, 0.3) is 0 Å². The molecule has 1 aromatic heterocycles. The first-order valence-corrected chi connectivity index (χ1v) is 10.8. The van der Waals surface area contributed by atoms with Gasteiger partial charge in [0, 0.05) is 19.2 Å². The van der Waals surface area contributed by atoms with E-state index < -0.39 is 5.82 Å². The quantitative estimate of drug-likeness (QED) is 0.569. The summed E-state index contributed by atoms with van der Waals surface area (Å²) in [5.41, 5.74) is 2.43. The van der Waals surface area contributed by atoms with Crippen LogP contribution < -0.4 is 0 Å². The highest BCUT2D eigenvalue weighted by Gasteiger charge is 2.37. The molecule has 2 unspecified atom stereocenters. The topological polar surface area (TPSA) is 53.8 Å². The molecule has 0 saturated carbocycles. The molecule has 1 aliphatic heterocycles. The van der Waals surface area contributed by atoms with Crippen molar-refractivity contribution in [3.63, 3.8) is 0 Å². The number of aryl methyl sites for hydroxylation is 1. The SMILES string of the molecule is Cc1cccc(C2CCC(C(=O)N(C)Cc3ccco3)CN2C(=O)c2cccc(F)c2)c1. The zero-order chi connectivity index (χ0) is 22.7. The van der Waals surface area contributed by atoms with Crippen molar-refractivity contribution in [1.29, 1.82) is 0 Å². The minimum absolute atomic E-state index is 0.0267. The highest BCUT2D eigenvalue weighted by atomic mass is 19.1. The van der Waals surface area contributed by atoms with Crippen molar-refractivity contribution in [3.05, 3.63) is 95.2 Å². The number of rotatable bonds is 5. The Kier molecular flexibility index (Phi) is 6.40. The van der Waals surface area contributed by atoms with Crippen molar-refractivity contribution in [2.24, 2.45) is 5.92 Å². The predicted octanol–water partition coefficient (Wildman–Crippen LogP) is 4.98. The highest BCUT2D eigenvalue weighted by molar-refractivity contribution is 5.95. The molecular formula is C26H27FN2O3. The molecule has 2 amide bonds. The molecule has 0 spiro atoms. The van der Waals surface area contributed by atoms with Crippen molar-refractivity contribution in [2.75, 3.05) is 13.6 Å². The minimum Gasteiger partial charge on any atom is -0.467 e.